The van der Waals surface area contributed by atoms with Gasteiger partial charge < -0.3 is 15.0 Å². The molecule has 3 rings (SSSR count). The summed E-state index contributed by atoms with van der Waals surface area (Å²) in [6.07, 6.45) is 0. The van der Waals surface area contributed by atoms with Gasteiger partial charge in [-0.25, -0.2) is 0 Å². The van der Waals surface area contributed by atoms with Gasteiger partial charge in [-0.05, 0) is 62.7 Å². The molecule has 0 fully saturated rings. The van der Waals surface area contributed by atoms with Crippen molar-refractivity contribution in [2.75, 3.05) is 19.0 Å². The number of methoxy groups -OCH3 is 1. The maximum atomic E-state index is 12.9. The SMILES string of the molecule is COc1ccc(C2=NC(C)(C)N(CC(=O)Nc3cccc(C)c3)C2=O)cc1. The van der Waals surface area contributed by atoms with E-state index in [1.54, 1.807) is 31.4 Å². The van der Waals surface area contributed by atoms with Crippen molar-refractivity contribution in [2.45, 2.75) is 26.4 Å². The average molecular weight is 365 g/mol. The van der Waals surface area contributed by atoms with Crippen LogP contribution in [0.2, 0.25) is 0 Å². The fourth-order valence-corrected chi connectivity index (χ4v) is 3.03. The Morgan fingerprint density at radius 2 is 1.89 bits per heavy atom. The van der Waals surface area contributed by atoms with Crippen LogP contribution < -0.4 is 10.1 Å². The summed E-state index contributed by atoms with van der Waals surface area (Å²) in [6.45, 7) is 5.53. The van der Waals surface area contributed by atoms with Crippen molar-refractivity contribution < 1.29 is 14.3 Å². The number of carbonyl (C=O) groups is 2. The highest BCUT2D eigenvalue weighted by molar-refractivity contribution is 6.47. The van der Waals surface area contributed by atoms with E-state index in [0.29, 0.717) is 22.7 Å². The van der Waals surface area contributed by atoms with Gasteiger partial charge in [-0.1, -0.05) is 12.1 Å². The fraction of sp³-hybridized carbons (Fsp3) is 0.286. The maximum Gasteiger partial charge on any atom is 0.275 e. The van der Waals surface area contributed by atoms with E-state index in [4.69, 9.17) is 4.74 Å². The second kappa shape index (κ2) is 7.23. The first kappa shape index (κ1) is 18.6. The summed E-state index contributed by atoms with van der Waals surface area (Å²) in [5.74, 6) is 0.191. The molecule has 0 saturated carbocycles. The fourth-order valence-electron chi connectivity index (χ4n) is 3.03. The van der Waals surface area contributed by atoms with Gasteiger partial charge in [-0.15, -0.1) is 0 Å². The lowest BCUT2D eigenvalue weighted by Crippen LogP contribution is -2.46. The lowest BCUT2D eigenvalue weighted by atomic mass is 10.1. The van der Waals surface area contributed by atoms with Gasteiger partial charge in [0, 0.05) is 11.3 Å². The van der Waals surface area contributed by atoms with Crippen molar-refractivity contribution in [1.82, 2.24) is 4.90 Å². The highest BCUT2D eigenvalue weighted by atomic mass is 16.5. The summed E-state index contributed by atoms with van der Waals surface area (Å²) in [5, 5.41) is 2.84. The van der Waals surface area contributed by atoms with Crippen LogP contribution in [0.25, 0.3) is 0 Å². The number of nitrogens with zero attached hydrogens (tertiary/aromatic N) is 2. The number of nitrogens with one attached hydrogen (secondary N) is 1. The third-order valence-corrected chi connectivity index (χ3v) is 4.46. The number of ether oxygens (including phenoxy) is 1. The molecule has 2 aromatic rings. The lowest BCUT2D eigenvalue weighted by molar-refractivity contribution is -0.131. The number of amides is 2. The molecular formula is C21H23N3O3. The average Bonchev–Trinajstić information content (AvgIpc) is 2.85. The molecule has 1 aliphatic heterocycles. The van der Waals surface area contributed by atoms with Gasteiger partial charge in [0.1, 0.15) is 23.7 Å². The van der Waals surface area contributed by atoms with Crippen LogP contribution in [0.3, 0.4) is 0 Å². The summed E-state index contributed by atoms with van der Waals surface area (Å²) in [7, 11) is 1.59. The first-order valence-corrected chi connectivity index (χ1v) is 8.73. The van der Waals surface area contributed by atoms with Gasteiger partial charge in [0.25, 0.3) is 5.91 Å². The first-order chi connectivity index (χ1) is 12.8. The van der Waals surface area contributed by atoms with Gasteiger partial charge in [0.2, 0.25) is 5.91 Å². The van der Waals surface area contributed by atoms with E-state index in [-0.39, 0.29) is 18.4 Å². The van der Waals surface area contributed by atoms with E-state index in [0.717, 1.165) is 5.56 Å². The van der Waals surface area contributed by atoms with Gasteiger partial charge >= 0.3 is 0 Å². The van der Waals surface area contributed by atoms with E-state index in [2.05, 4.69) is 10.3 Å². The molecule has 140 valence electrons. The molecule has 1 N–H and O–H groups in total. The molecule has 0 saturated heterocycles. The zero-order valence-corrected chi connectivity index (χ0v) is 15.9. The largest absolute Gasteiger partial charge is 0.497 e. The smallest absolute Gasteiger partial charge is 0.275 e. The first-order valence-electron chi connectivity index (χ1n) is 8.73. The monoisotopic (exact) mass is 365 g/mol. The van der Waals surface area contributed by atoms with Crippen LogP contribution >= 0.6 is 0 Å². The highest BCUT2D eigenvalue weighted by Crippen LogP contribution is 2.27. The Morgan fingerprint density at radius 1 is 1.19 bits per heavy atom. The number of benzene rings is 2. The van der Waals surface area contributed by atoms with Crippen LogP contribution in [0.4, 0.5) is 5.69 Å². The van der Waals surface area contributed by atoms with Crippen molar-refractivity contribution >= 4 is 23.2 Å². The summed E-state index contributed by atoms with van der Waals surface area (Å²) >= 11 is 0. The van der Waals surface area contributed by atoms with Crippen molar-refractivity contribution in [1.29, 1.82) is 0 Å². The van der Waals surface area contributed by atoms with Crippen LogP contribution in [0.1, 0.15) is 25.0 Å². The Morgan fingerprint density at radius 3 is 2.52 bits per heavy atom. The number of hydrogen-bond donors (Lipinski definition) is 1. The van der Waals surface area contributed by atoms with Crippen LogP contribution in [-0.2, 0) is 9.59 Å². The molecule has 2 amide bonds. The quantitative estimate of drug-likeness (QED) is 0.885. The molecule has 27 heavy (non-hydrogen) atoms. The van der Waals surface area contributed by atoms with Gasteiger partial charge in [-0.2, -0.15) is 0 Å². The predicted molar refractivity (Wildman–Crippen MR) is 105 cm³/mol. The number of carbonyl (C=O) groups excluding carboxylic acids is 2. The number of anilines is 1. The molecule has 1 aliphatic rings. The highest BCUT2D eigenvalue weighted by Gasteiger charge is 2.41. The lowest BCUT2D eigenvalue weighted by Gasteiger charge is -2.28. The van der Waals surface area contributed by atoms with E-state index in [1.807, 2.05) is 45.0 Å². The third kappa shape index (κ3) is 4.00. The predicted octanol–water partition coefficient (Wildman–Crippen LogP) is 3.01. The molecule has 1 heterocycles. The van der Waals surface area contributed by atoms with Crippen molar-refractivity contribution in [3.63, 3.8) is 0 Å². The molecule has 2 aromatic carbocycles. The molecule has 0 unspecified atom stereocenters. The molecule has 0 spiro atoms. The molecule has 6 nitrogen and oxygen atoms in total. The standard InChI is InChI=1S/C21H23N3O3/c1-14-6-5-7-16(12-14)22-18(25)13-24-20(26)19(23-21(24,2)3)15-8-10-17(27-4)11-9-15/h5-12H,13H2,1-4H3,(H,22,25). The Kier molecular flexibility index (Phi) is 4.99. The van der Waals surface area contributed by atoms with E-state index >= 15 is 0 Å². The molecular weight excluding hydrogens is 342 g/mol. The number of hydrogen-bond acceptors (Lipinski definition) is 4. The van der Waals surface area contributed by atoms with E-state index < -0.39 is 5.66 Å². The third-order valence-electron chi connectivity index (χ3n) is 4.46. The minimum absolute atomic E-state index is 0.0665. The maximum absolute atomic E-state index is 12.9. The molecule has 0 atom stereocenters. The minimum atomic E-state index is -0.795. The van der Waals surface area contributed by atoms with E-state index in [1.165, 1.54) is 4.90 Å². The zero-order chi connectivity index (χ0) is 19.6. The zero-order valence-electron chi connectivity index (χ0n) is 15.9. The van der Waals surface area contributed by atoms with Crippen LogP contribution in [0.15, 0.2) is 53.5 Å². The number of aliphatic imine (C=N–C) groups is 1. The number of rotatable bonds is 5. The summed E-state index contributed by atoms with van der Waals surface area (Å²) in [6, 6.07) is 14.7. The molecule has 6 heteroatoms. The van der Waals surface area contributed by atoms with Crippen molar-refractivity contribution in [3.05, 3.63) is 59.7 Å². The Balaban J connectivity index is 1.74. The molecule has 0 aromatic heterocycles. The van der Waals surface area contributed by atoms with Crippen molar-refractivity contribution in [2.24, 2.45) is 4.99 Å². The topological polar surface area (TPSA) is 71.0 Å². The molecule has 0 radical (unpaired) electrons. The molecule has 0 aliphatic carbocycles. The van der Waals surface area contributed by atoms with Crippen LogP contribution in [0.5, 0.6) is 5.75 Å². The van der Waals surface area contributed by atoms with Gasteiger partial charge in [-0.3, -0.25) is 14.6 Å². The Hall–Kier alpha value is -3.15. The normalized spacial score (nSPS) is 15.5. The second-order valence-corrected chi connectivity index (χ2v) is 6.99. The minimum Gasteiger partial charge on any atom is -0.497 e. The number of aryl methyl sites for hydroxylation is 1. The van der Waals surface area contributed by atoms with Crippen LogP contribution in [0, 0.1) is 6.92 Å². The second-order valence-electron chi connectivity index (χ2n) is 6.99. The van der Waals surface area contributed by atoms with Gasteiger partial charge in [0.15, 0.2) is 0 Å². The van der Waals surface area contributed by atoms with Gasteiger partial charge in [0.05, 0.1) is 7.11 Å². The Bertz CT molecular complexity index is 901. The summed E-state index contributed by atoms with van der Waals surface area (Å²) in [5.41, 5.74) is 2.02. The molecule has 0 bridgehead atoms. The van der Waals surface area contributed by atoms with Crippen LogP contribution in [-0.4, -0.2) is 41.7 Å². The Labute approximate surface area is 158 Å². The summed E-state index contributed by atoms with van der Waals surface area (Å²) < 4.78 is 5.15. The van der Waals surface area contributed by atoms with E-state index in [9.17, 15) is 9.59 Å². The van der Waals surface area contributed by atoms with Crippen molar-refractivity contribution in [3.8, 4) is 5.75 Å². The summed E-state index contributed by atoms with van der Waals surface area (Å²) in [4.78, 5) is 31.4.